The molecule has 0 atom stereocenters. The summed E-state index contributed by atoms with van der Waals surface area (Å²) in [7, 11) is 0. The fraction of sp³-hybridized carbons (Fsp3) is 0.100. The van der Waals surface area contributed by atoms with Crippen molar-refractivity contribution >= 4 is 5.97 Å². The molecule has 0 spiro atoms. The van der Waals surface area contributed by atoms with Crippen molar-refractivity contribution in [2.45, 2.75) is 6.92 Å². The SMILES string of the molecule is C=CC(=O)Oc1c(C)cccc1O. The van der Waals surface area contributed by atoms with E-state index in [2.05, 4.69) is 6.58 Å². The van der Waals surface area contributed by atoms with Gasteiger partial charge in [-0.3, -0.25) is 0 Å². The van der Waals surface area contributed by atoms with Crippen LogP contribution in [-0.4, -0.2) is 11.1 Å². The first-order chi connectivity index (χ1) is 6.15. The van der Waals surface area contributed by atoms with E-state index in [-0.39, 0.29) is 11.5 Å². The minimum Gasteiger partial charge on any atom is -0.504 e. The first-order valence-electron chi connectivity index (χ1n) is 3.78. The average molecular weight is 178 g/mol. The predicted octanol–water partition coefficient (Wildman–Crippen LogP) is 1.79. The molecule has 1 N–H and O–H groups in total. The molecule has 0 saturated carbocycles. The molecule has 0 aromatic heterocycles. The topological polar surface area (TPSA) is 46.5 Å². The molecule has 3 nitrogen and oxygen atoms in total. The summed E-state index contributed by atoms with van der Waals surface area (Å²) in [5.74, 6) is -0.438. The van der Waals surface area contributed by atoms with E-state index in [4.69, 9.17) is 4.74 Å². The van der Waals surface area contributed by atoms with E-state index in [1.807, 2.05) is 0 Å². The van der Waals surface area contributed by atoms with Gasteiger partial charge >= 0.3 is 5.97 Å². The Kier molecular flexibility index (Phi) is 2.69. The monoisotopic (exact) mass is 178 g/mol. The molecule has 1 rings (SSSR count). The van der Waals surface area contributed by atoms with E-state index >= 15 is 0 Å². The number of carbonyl (C=O) groups is 1. The zero-order valence-corrected chi connectivity index (χ0v) is 7.28. The predicted molar refractivity (Wildman–Crippen MR) is 48.7 cm³/mol. The van der Waals surface area contributed by atoms with Gasteiger partial charge in [0.25, 0.3) is 0 Å². The van der Waals surface area contributed by atoms with Gasteiger partial charge in [-0.25, -0.2) is 4.79 Å². The summed E-state index contributed by atoms with van der Waals surface area (Å²) in [4.78, 5) is 10.8. The normalized spacial score (nSPS) is 9.31. The number of rotatable bonds is 2. The molecule has 3 heteroatoms. The molecule has 0 radical (unpaired) electrons. The number of aryl methyl sites for hydroxylation is 1. The Morgan fingerprint density at radius 2 is 2.31 bits per heavy atom. The lowest BCUT2D eigenvalue weighted by atomic mass is 10.2. The average Bonchev–Trinajstić information content (AvgIpc) is 2.11. The molecule has 1 aromatic carbocycles. The Bertz CT molecular complexity index is 322. The summed E-state index contributed by atoms with van der Waals surface area (Å²) in [6, 6.07) is 4.88. The van der Waals surface area contributed by atoms with Gasteiger partial charge in [0.05, 0.1) is 0 Å². The highest BCUT2D eigenvalue weighted by molar-refractivity contribution is 5.84. The summed E-state index contributed by atoms with van der Waals surface area (Å²) in [6.07, 6.45) is 1.05. The zero-order valence-electron chi connectivity index (χ0n) is 7.28. The third-order valence-corrected chi connectivity index (χ3v) is 1.56. The Balaban J connectivity index is 2.99. The maximum absolute atomic E-state index is 10.8. The summed E-state index contributed by atoms with van der Waals surface area (Å²) in [5, 5.41) is 9.32. The molecule has 0 heterocycles. The summed E-state index contributed by atoms with van der Waals surface area (Å²) in [5.41, 5.74) is 0.704. The number of carbonyl (C=O) groups excluding carboxylic acids is 1. The molecule has 0 fully saturated rings. The van der Waals surface area contributed by atoms with Crippen LogP contribution in [0.5, 0.6) is 11.5 Å². The van der Waals surface area contributed by atoms with Crippen molar-refractivity contribution in [3.63, 3.8) is 0 Å². The van der Waals surface area contributed by atoms with Crippen LogP contribution in [0.3, 0.4) is 0 Å². The maximum Gasteiger partial charge on any atom is 0.335 e. The maximum atomic E-state index is 10.8. The molecule has 68 valence electrons. The molecule has 0 saturated heterocycles. The van der Waals surface area contributed by atoms with Crippen LogP contribution in [0.25, 0.3) is 0 Å². The molecular formula is C10H10O3. The Hall–Kier alpha value is -1.77. The summed E-state index contributed by atoms with van der Waals surface area (Å²) >= 11 is 0. The van der Waals surface area contributed by atoms with Gasteiger partial charge in [0, 0.05) is 6.08 Å². The number of ether oxygens (including phenoxy) is 1. The lowest BCUT2D eigenvalue weighted by Gasteiger charge is -2.06. The quantitative estimate of drug-likeness (QED) is 0.426. The number of para-hydroxylation sites is 1. The molecule has 13 heavy (non-hydrogen) atoms. The number of hydrogen-bond acceptors (Lipinski definition) is 3. The van der Waals surface area contributed by atoms with Gasteiger partial charge in [-0.15, -0.1) is 0 Å². The number of benzene rings is 1. The number of phenols is 1. The van der Waals surface area contributed by atoms with Crippen molar-refractivity contribution in [2.24, 2.45) is 0 Å². The van der Waals surface area contributed by atoms with E-state index in [9.17, 15) is 9.90 Å². The van der Waals surface area contributed by atoms with Gasteiger partial charge in [-0.1, -0.05) is 18.7 Å². The van der Waals surface area contributed by atoms with Gasteiger partial charge in [0.2, 0.25) is 0 Å². The number of aromatic hydroxyl groups is 1. The van der Waals surface area contributed by atoms with Crippen LogP contribution in [0.4, 0.5) is 0 Å². The Morgan fingerprint density at radius 3 is 2.85 bits per heavy atom. The van der Waals surface area contributed by atoms with Crippen molar-refractivity contribution in [3.8, 4) is 11.5 Å². The minimum absolute atomic E-state index is 0.0461. The van der Waals surface area contributed by atoms with Crippen molar-refractivity contribution < 1.29 is 14.6 Å². The number of phenolic OH excluding ortho intramolecular Hbond substituents is 1. The van der Waals surface area contributed by atoms with Crippen molar-refractivity contribution in [3.05, 3.63) is 36.4 Å². The smallest absolute Gasteiger partial charge is 0.335 e. The molecular weight excluding hydrogens is 168 g/mol. The fourth-order valence-corrected chi connectivity index (χ4v) is 0.912. The second kappa shape index (κ2) is 3.76. The van der Waals surface area contributed by atoms with Crippen LogP contribution in [0, 0.1) is 6.92 Å². The summed E-state index contributed by atoms with van der Waals surface area (Å²) in [6.45, 7) is 5.00. The Labute approximate surface area is 76.3 Å². The highest BCUT2D eigenvalue weighted by atomic mass is 16.5. The van der Waals surface area contributed by atoms with Crippen LogP contribution in [0.15, 0.2) is 30.9 Å². The van der Waals surface area contributed by atoms with Crippen LogP contribution < -0.4 is 4.74 Å². The lowest BCUT2D eigenvalue weighted by Crippen LogP contribution is -2.04. The van der Waals surface area contributed by atoms with Crippen LogP contribution in [0.1, 0.15) is 5.56 Å². The Morgan fingerprint density at radius 1 is 1.62 bits per heavy atom. The standard InChI is InChI=1S/C10H10O3/c1-3-9(12)13-10-7(2)5-4-6-8(10)11/h3-6,11H,1H2,2H3. The van der Waals surface area contributed by atoms with E-state index < -0.39 is 5.97 Å². The first kappa shape index (κ1) is 9.32. The minimum atomic E-state index is -0.579. The van der Waals surface area contributed by atoms with Gasteiger partial charge in [0.1, 0.15) is 0 Å². The molecule has 1 aromatic rings. The van der Waals surface area contributed by atoms with E-state index in [1.165, 1.54) is 6.07 Å². The van der Waals surface area contributed by atoms with E-state index in [0.717, 1.165) is 6.08 Å². The summed E-state index contributed by atoms with van der Waals surface area (Å²) < 4.78 is 4.82. The largest absolute Gasteiger partial charge is 0.504 e. The van der Waals surface area contributed by atoms with Crippen molar-refractivity contribution in [1.82, 2.24) is 0 Å². The lowest BCUT2D eigenvalue weighted by molar-refractivity contribution is -0.129. The van der Waals surface area contributed by atoms with Crippen LogP contribution in [0.2, 0.25) is 0 Å². The molecule has 0 aliphatic heterocycles. The third-order valence-electron chi connectivity index (χ3n) is 1.56. The fourth-order valence-electron chi connectivity index (χ4n) is 0.912. The highest BCUT2D eigenvalue weighted by Gasteiger charge is 2.08. The molecule has 0 aliphatic carbocycles. The second-order valence-corrected chi connectivity index (χ2v) is 2.55. The van der Waals surface area contributed by atoms with Gasteiger partial charge in [-0.2, -0.15) is 0 Å². The van der Waals surface area contributed by atoms with Crippen molar-refractivity contribution in [2.75, 3.05) is 0 Å². The van der Waals surface area contributed by atoms with Gasteiger partial charge in [-0.05, 0) is 18.6 Å². The van der Waals surface area contributed by atoms with Crippen molar-refractivity contribution in [1.29, 1.82) is 0 Å². The molecule has 0 amide bonds. The molecule has 0 aliphatic rings. The van der Waals surface area contributed by atoms with Gasteiger partial charge in [0.15, 0.2) is 11.5 Å². The van der Waals surface area contributed by atoms with E-state index in [1.54, 1.807) is 19.1 Å². The first-order valence-corrected chi connectivity index (χ1v) is 3.78. The molecule has 0 unspecified atom stereocenters. The van der Waals surface area contributed by atoms with Crippen LogP contribution >= 0.6 is 0 Å². The third kappa shape index (κ3) is 2.08. The zero-order chi connectivity index (χ0) is 9.84. The number of esters is 1. The second-order valence-electron chi connectivity index (χ2n) is 2.55. The van der Waals surface area contributed by atoms with Gasteiger partial charge < -0.3 is 9.84 Å². The van der Waals surface area contributed by atoms with E-state index in [0.29, 0.717) is 5.56 Å². The van der Waals surface area contributed by atoms with Crippen LogP contribution in [-0.2, 0) is 4.79 Å². The number of hydrogen-bond donors (Lipinski definition) is 1. The highest BCUT2D eigenvalue weighted by Crippen LogP contribution is 2.29. The molecule has 0 bridgehead atoms.